The molecule has 164 valence electrons. The van der Waals surface area contributed by atoms with Gasteiger partial charge in [-0.3, -0.25) is 9.59 Å². The Morgan fingerprint density at radius 1 is 0.667 bits per heavy atom. The van der Waals surface area contributed by atoms with Crippen molar-refractivity contribution in [3.05, 3.63) is 114 Å². The standard InChI is InChI=1S/C28H24N2O3/c1-2-33-24-18-16-23(17-19-24)29-28(32)25-10-6-7-11-26(25)30-27(31)22-14-12-21(13-15-22)20-8-4-3-5-9-20/h3-19H,2H2,1H3,(H,29,32)(H,30,31). The van der Waals surface area contributed by atoms with Crippen molar-refractivity contribution in [3.63, 3.8) is 0 Å². The number of amides is 2. The molecule has 5 nitrogen and oxygen atoms in total. The summed E-state index contributed by atoms with van der Waals surface area (Å²) in [5.41, 5.74) is 4.08. The van der Waals surface area contributed by atoms with Gasteiger partial charge in [0, 0.05) is 11.3 Å². The van der Waals surface area contributed by atoms with E-state index in [4.69, 9.17) is 4.74 Å². The molecule has 0 saturated carbocycles. The Balaban J connectivity index is 1.46. The highest BCUT2D eigenvalue weighted by Gasteiger charge is 2.14. The second kappa shape index (κ2) is 10.3. The Morgan fingerprint density at radius 2 is 1.30 bits per heavy atom. The molecule has 0 bridgehead atoms. The van der Waals surface area contributed by atoms with Crippen LogP contribution in [0.25, 0.3) is 11.1 Å². The molecule has 0 aliphatic carbocycles. The number of ether oxygens (including phenoxy) is 1. The molecule has 0 unspecified atom stereocenters. The zero-order valence-electron chi connectivity index (χ0n) is 18.2. The van der Waals surface area contributed by atoms with Gasteiger partial charge in [0.15, 0.2) is 0 Å². The first-order chi connectivity index (χ1) is 16.1. The average molecular weight is 437 g/mol. The number of anilines is 2. The normalized spacial score (nSPS) is 10.3. The van der Waals surface area contributed by atoms with Crippen LogP contribution in [0.5, 0.6) is 5.75 Å². The lowest BCUT2D eigenvalue weighted by molar-refractivity contribution is 0.102. The lowest BCUT2D eigenvalue weighted by Crippen LogP contribution is -2.18. The zero-order valence-corrected chi connectivity index (χ0v) is 18.2. The van der Waals surface area contributed by atoms with Crippen LogP contribution in [0.15, 0.2) is 103 Å². The van der Waals surface area contributed by atoms with Crippen LogP contribution >= 0.6 is 0 Å². The largest absolute Gasteiger partial charge is 0.494 e. The maximum absolute atomic E-state index is 12.9. The summed E-state index contributed by atoms with van der Waals surface area (Å²) in [5.74, 6) is 0.145. The number of nitrogens with one attached hydrogen (secondary N) is 2. The van der Waals surface area contributed by atoms with Gasteiger partial charge < -0.3 is 15.4 Å². The highest BCUT2D eigenvalue weighted by Crippen LogP contribution is 2.22. The van der Waals surface area contributed by atoms with Crippen molar-refractivity contribution < 1.29 is 14.3 Å². The summed E-state index contributed by atoms with van der Waals surface area (Å²) in [5, 5.41) is 5.72. The Bertz CT molecular complexity index is 1230. The number of rotatable bonds is 7. The molecule has 4 rings (SSSR count). The van der Waals surface area contributed by atoms with Gasteiger partial charge in [0.05, 0.1) is 17.9 Å². The van der Waals surface area contributed by atoms with Crippen molar-refractivity contribution in [3.8, 4) is 16.9 Å². The number of hydrogen-bond donors (Lipinski definition) is 2. The van der Waals surface area contributed by atoms with E-state index in [1.165, 1.54) is 0 Å². The third kappa shape index (κ3) is 5.46. The Kier molecular flexibility index (Phi) is 6.81. The summed E-state index contributed by atoms with van der Waals surface area (Å²) in [4.78, 5) is 25.7. The van der Waals surface area contributed by atoms with Crippen molar-refractivity contribution in [1.82, 2.24) is 0 Å². The lowest BCUT2D eigenvalue weighted by Gasteiger charge is -2.12. The van der Waals surface area contributed by atoms with Gasteiger partial charge in [-0.2, -0.15) is 0 Å². The van der Waals surface area contributed by atoms with Crippen LogP contribution in [0.2, 0.25) is 0 Å². The lowest BCUT2D eigenvalue weighted by atomic mass is 10.0. The Morgan fingerprint density at radius 3 is 2.00 bits per heavy atom. The molecule has 0 spiro atoms. The Labute approximate surface area is 193 Å². The van der Waals surface area contributed by atoms with Gasteiger partial charge in [0.2, 0.25) is 0 Å². The molecule has 0 aliphatic heterocycles. The molecule has 0 atom stereocenters. The molecular weight excluding hydrogens is 412 g/mol. The van der Waals surface area contributed by atoms with Crippen LogP contribution in [0.3, 0.4) is 0 Å². The number of carbonyl (C=O) groups is 2. The van der Waals surface area contributed by atoms with Crippen molar-refractivity contribution in [2.24, 2.45) is 0 Å². The molecule has 0 heterocycles. The minimum absolute atomic E-state index is 0.282. The van der Waals surface area contributed by atoms with Gasteiger partial charge in [0.25, 0.3) is 11.8 Å². The van der Waals surface area contributed by atoms with Crippen LogP contribution in [-0.4, -0.2) is 18.4 Å². The summed E-state index contributed by atoms with van der Waals surface area (Å²) < 4.78 is 5.43. The predicted octanol–water partition coefficient (Wildman–Crippen LogP) is 6.26. The summed E-state index contributed by atoms with van der Waals surface area (Å²) in [6.45, 7) is 2.49. The minimum atomic E-state index is -0.311. The fourth-order valence-electron chi connectivity index (χ4n) is 3.43. The maximum atomic E-state index is 12.9. The van der Waals surface area contributed by atoms with Gasteiger partial charge in [-0.15, -0.1) is 0 Å². The minimum Gasteiger partial charge on any atom is -0.494 e. The van der Waals surface area contributed by atoms with Crippen LogP contribution in [-0.2, 0) is 0 Å². The number of benzene rings is 4. The van der Waals surface area contributed by atoms with Crippen molar-refractivity contribution in [2.75, 3.05) is 17.2 Å². The molecule has 2 N–H and O–H groups in total. The van der Waals surface area contributed by atoms with Crippen molar-refractivity contribution >= 4 is 23.2 Å². The Hall–Kier alpha value is -4.38. The van der Waals surface area contributed by atoms with Crippen LogP contribution in [0, 0.1) is 0 Å². The van der Waals surface area contributed by atoms with E-state index in [1.54, 1.807) is 60.7 Å². The fraction of sp³-hybridized carbons (Fsp3) is 0.0714. The SMILES string of the molecule is CCOc1ccc(NC(=O)c2ccccc2NC(=O)c2ccc(-c3ccccc3)cc2)cc1. The van der Waals surface area contributed by atoms with Gasteiger partial charge >= 0.3 is 0 Å². The van der Waals surface area contributed by atoms with Gasteiger partial charge in [-0.25, -0.2) is 0 Å². The quantitative estimate of drug-likeness (QED) is 0.359. The first-order valence-electron chi connectivity index (χ1n) is 10.7. The molecule has 0 radical (unpaired) electrons. The highest BCUT2D eigenvalue weighted by atomic mass is 16.5. The fourth-order valence-corrected chi connectivity index (χ4v) is 3.43. The van der Waals surface area contributed by atoms with E-state index in [0.29, 0.717) is 29.1 Å². The van der Waals surface area contributed by atoms with E-state index < -0.39 is 0 Å². The second-order valence-electron chi connectivity index (χ2n) is 7.35. The van der Waals surface area contributed by atoms with Gasteiger partial charge in [0.1, 0.15) is 5.75 Å². The van der Waals surface area contributed by atoms with E-state index in [0.717, 1.165) is 16.9 Å². The second-order valence-corrected chi connectivity index (χ2v) is 7.35. The molecule has 0 aliphatic rings. The maximum Gasteiger partial charge on any atom is 0.257 e. The van der Waals surface area contributed by atoms with E-state index in [1.807, 2.05) is 49.4 Å². The number of para-hydroxylation sites is 1. The molecule has 4 aromatic rings. The number of hydrogen-bond acceptors (Lipinski definition) is 3. The van der Waals surface area contributed by atoms with E-state index >= 15 is 0 Å². The van der Waals surface area contributed by atoms with Crippen LogP contribution in [0.4, 0.5) is 11.4 Å². The summed E-state index contributed by atoms with van der Waals surface area (Å²) in [7, 11) is 0. The number of carbonyl (C=O) groups excluding carboxylic acids is 2. The molecule has 4 aromatic carbocycles. The van der Waals surface area contributed by atoms with Crippen LogP contribution < -0.4 is 15.4 Å². The zero-order chi connectivity index (χ0) is 23.0. The molecule has 5 heteroatoms. The van der Waals surface area contributed by atoms with E-state index in [2.05, 4.69) is 10.6 Å². The van der Waals surface area contributed by atoms with Gasteiger partial charge in [-0.1, -0.05) is 54.6 Å². The van der Waals surface area contributed by atoms with Crippen LogP contribution in [0.1, 0.15) is 27.6 Å². The molecule has 0 aromatic heterocycles. The smallest absolute Gasteiger partial charge is 0.257 e. The summed E-state index contributed by atoms with van der Waals surface area (Å²) >= 11 is 0. The van der Waals surface area contributed by atoms with Gasteiger partial charge in [-0.05, 0) is 66.6 Å². The highest BCUT2D eigenvalue weighted by molar-refractivity contribution is 6.12. The first-order valence-corrected chi connectivity index (χ1v) is 10.7. The molecular formula is C28H24N2O3. The van der Waals surface area contributed by atoms with Crippen molar-refractivity contribution in [1.29, 1.82) is 0 Å². The third-order valence-electron chi connectivity index (χ3n) is 5.10. The average Bonchev–Trinajstić information content (AvgIpc) is 2.86. The molecule has 0 fully saturated rings. The van der Waals surface area contributed by atoms with Crippen molar-refractivity contribution in [2.45, 2.75) is 6.92 Å². The molecule has 0 saturated heterocycles. The monoisotopic (exact) mass is 436 g/mol. The first kappa shape index (κ1) is 21.8. The molecule has 33 heavy (non-hydrogen) atoms. The molecule has 2 amide bonds. The van der Waals surface area contributed by atoms with E-state index in [9.17, 15) is 9.59 Å². The summed E-state index contributed by atoms with van der Waals surface area (Å²) in [6, 6.07) is 31.4. The van der Waals surface area contributed by atoms with E-state index in [-0.39, 0.29) is 11.8 Å². The third-order valence-corrected chi connectivity index (χ3v) is 5.10. The summed E-state index contributed by atoms with van der Waals surface area (Å²) in [6.07, 6.45) is 0. The topological polar surface area (TPSA) is 67.4 Å². The predicted molar refractivity (Wildman–Crippen MR) is 132 cm³/mol.